The van der Waals surface area contributed by atoms with E-state index in [1.165, 1.54) is 49.8 Å². The van der Waals surface area contributed by atoms with Crippen molar-refractivity contribution in [1.29, 1.82) is 0 Å². The molecular formula is C21H26N2O4S. The van der Waals surface area contributed by atoms with E-state index in [0.717, 1.165) is 11.9 Å². The third-order valence-corrected chi connectivity index (χ3v) is 5.56. The number of carbonyl (C=O) groups is 1. The van der Waals surface area contributed by atoms with Crippen LogP contribution in [0.3, 0.4) is 0 Å². The van der Waals surface area contributed by atoms with E-state index in [1.54, 1.807) is 6.07 Å². The van der Waals surface area contributed by atoms with Crippen LogP contribution in [0.15, 0.2) is 42.5 Å². The van der Waals surface area contributed by atoms with E-state index in [-0.39, 0.29) is 23.8 Å². The summed E-state index contributed by atoms with van der Waals surface area (Å²) in [6.45, 7) is 0. The van der Waals surface area contributed by atoms with Crippen molar-refractivity contribution in [3.8, 4) is 5.75 Å². The molecule has 2 aromatic carbocycles. The van der Waals surface area contributed by atoms with Crippen LogP contribution in [0.4, 0.5) is 11.4 Å². The number of carbonyl (C=O) groups excluding carboxylic acids is 1. The molecule has 0 bridgehead atoms. The van der Waals surface area contributed by atoms with Crippen molar-refractivity contribution in [2.75, 3.05) is 16.3 Å². The lowest BCUT2D eigenvalue weighted by Crippen LogP contribution is -2.15. The highest BCUT2D eigenvalue weighted by Crippen LogP contribution is 2.33. The van der Waals surface area contributed by atoms with Crippen molar-refractivity contribution in [3.05, 3.63) is 53.6 Å². The predicted octanol–water partition coefficient (Wildman–Crippen LogP) is 3.99. The predicted molar refractivity (Wildman–Crippen MR) is 111 cm³/mol. The van der Waals surface area contributed by atoms with Crippen LogP contribution in [0.5, 0.6) is 5.75 Å². The molecule has 1 aliphatic rings. The van der Waals surface area contributed by atoms with Crippen molar-refractivity contribution in [3.63, 3.8) is 0 Å². The number of benzene rings is 2. The number of phenolic OH excluding ortho intramolecular Hbond substituents is 1. The summed E-state index contributed by atoms with van der Waals surface area (Å²) < 4.78 is 25.0. The monoisotopic (exact) mass is 402 g/mol. The maximum Gasteiger partial charge on any atom is 0.229 e. The zero-order valence-corrected chi connectivity index (χ0v) is 16.8. The number of nitrogens with one attached hydrogen (secondary N) is 2. The molecule has 0 spiro atoms. The van der Waals surface area contributed by atoms with E-state index in [1.807, 2.05) is 18.2 Å². The Hall–Kier alpha value is -2.54. The SMILES string of the molecule is CS(=O)(=O)Nc1cc(CC(=O)Nc2cccc(C3CCCCC3)c2)ccc1O. The van der Waals surface area contributed by atoms with Gasteiger partial charge in [-0.05, 0) is 54.2 Å². The normalized spacial score (nSPS) is 15.2. The summed E-state index contributed by atoms with van der Waals surface area (Å²) in [4.78, 5) is 12.4. The molecule has 3 N–H and O–H groups in total. The fourth-order valence-electron chi connectivity index (χ4n) is 3.67. The van der Waals surface area contributed by atoms with Crippen molar-refractivity contribution < 1.29 is 18.3 Å². The third-order valence-electron chi connectivity index (χ3n) is 4.97. The summed E-state index contributed by atoms with van der Waals surface area (Å²) in [5.41, 5.74) is 2.69. The zero-order chi connectivity index (χ0) is 20.1. The molecule has 1 aliphatic carbocycles. The Morgan fingerprint density at radius 2 is 1.86 bits per heavy atom. The first-order valence-corrected chi connectivity index (χ1v) is 11.4. The minimum absolute atomic E-state index is 0.0621. The van der Waals surface area contributed by atoms with Crippen LogP contribution >= 0.6 is 0 Å². The second-order valence-electron chi connectivity index (χ2n) is 7.41. The topological polar surface area (TPSA) is 95.5 Å². The van der Waals surface area contributed by atoms with E-state index < -0.39 is 10.0 Å². The number of hydrogen-bond donors (Lipinski definition) is 3. The number of sulfonamides is 1. The van der Waals surface area contributed by atoms with Crippen LogP contribution < -0.4 is 10.0 Å². The van der Waals surface area contributed by atoms with Gasteiger partial charge in [0.2, 0.25) is 15.9 Å². The fourth-order valence-corrected chi connectivity index (χ4v) is 4.23. The molecule has 0 radical (unpaired) electrons. The number of amides is 1. The number of phenols is 1. The van der Waals surface area contributed by atoms with Gasteiger partial charge in [0.1, 0.15) is 5.75 Å². The van der Waals surface area contributed by atoms with Crippen molar-refractivity contribution >= 4 is 27.3 Å². The van der Waals surface area contributed by atoms with E-state index >= 15 is 0 Å². The van der Waals surface area contributed by atoms with Crippen LogP contribution in [0.1, 0.15) is 49.1 Å². The number of anilines is 2. The number of aromatic hydroxyl groups is 1. The standard InChI is InChI=1S/C21H26N2O4S/c1-28(26,27)23-19-12-15(10-11-20(19)24)13-21(25)22-18-9-5-8-17(14-18)16-6-3-2-4-7-16/h5,8-12,14,16,23-24H,2-4,6-7,13H2,1H3,(H,22,25). The van der Waals surface area contributed by atoms with Gasteiger partial charge in [-0.2, -0.15) is 0 Å². The van der Waals surface area contributed by atoms with Crippen LogP contribution in [0.2, 0.25) is 0 Å². The Morgan fingerprint density at radius 1 is 1.11 bits per heavy atom. The van der Waals surface area contributed by atoms with E-state index in [2.05, 4.69) is 16.1 Å². The van der Waals surface area contributed by atoms with Crippen LogP contribution in [-0.2, 0) is 21.2 Å². The van der Waals surface area contributed by atoms with Crippen molar-refractivity contribution in [2.45, 2.75) is 44.4 Å². The molecule has 2 aromatic rings. The lowest BCUT2D eigenvalue weighted by atomic mass is 9.84. The van der Waals surface area contributed by atoms with Gasteiger partial charge in [0.05, 0.1) is 18.4 Å². The first kappa shape index (κ1) is 20.2. The second kappa shape index (κ2) is 8.65. The Labute approximate surface area is 166 Å². The van der Waals surface area contributed by atoms with Crippen molar-refractivity contribution in [1.82, 2.24) is 0 Å². The number of hydrogen-bond acceptors (Lipinski definition) is 4. The first-order valence-electron chi connectivity index (χ1n) is 9.50. The largest absolute Gasteiger partial charge is 0.506 e. The summed E-state index contributed by atoms with van der Waals surface area (Å²) in [5, 5.41) is 12.7. The molecule has 0 aromatic heterocycles. The average Bonchev–Trinajstić information content (AvgIpc) is 2.64. The Morgan fingerprint density at radius 3 is 2.57 bits per heavy atom. The zero-order valence-electron chi connectivity index (χ0n) is 15.9. The third kappa shape index (κ3) is 5.73. The molecule has 28 heavy (non-hydrogen) atoms. The maximum absolute atomic E-state index is 12.4. The fraction of sp³-hybridized carbons (Fsp3) is 0.381. The molecule has 0 atom stereocenters. The average molecular weight is 403 g/mol. The van der Waals surface area contributed by atoms with Gasteiger partial charge >= 0.3 is 0 Å². The molecule has 7 heteroatoms. The van der Waals surface area contributed by atoms with E-state index in [9.17, 15) is 18.3 Å². The van der Waals surface area contributed by atoms with Gasteiger partial charge in [-0.1, -0.05) is 37.5 Å². The maximum atomic E-state index is 12.4. The Bertz CT molecular complexity index is 951. The Kier molecular flexibility index (Phi) is 6.24. The summed E-state index contributed by atoms with van der Waals surface area (Å²) >= 11 is 0. The Balaban J connectivity index is 1.66. The van der Waals surface area contributed by atoms with E-state index in [4.69, 9.17) is 0 Å². The highest BCUT2D eigenvalue weighted by molar-refractivity contribution is 7.92. The summed E-state index contributed by atoms with van der Waals surface area (Å²) in [6, 6.07) is 12.4. The van der Waals surface area contributed by atoms with Gasteiger partial charge in [-0.25, -0.2) is 8.42 Å². The minimum atomic E-state index is -3.52. The van der Waals surface area contributed by atoms with Crippen molar-refractivity contribution in [2.24, 2.45) is 0 Å². The lowest BCUT2D eigenvalue weighted by Gasteiger charge is -2.22. The summed E-state index contributed by atoms with van der Waals surface area (Å²) in [6.07, 6.45) is 7.28. The van der Waals surface area contributed by atoms with Gasteiger partial charge in [-0.3, -0.25) is 9.52 Å². The van der Waals surface area contributed by atoms with Gasteiger partial charge in [0, 0.05) is 5.69 Å². The first-order chi connectivity index (χ1) is 13.3. The molecule has 3 rings (SSSR count). The highest BCUT2D eigenvalue weighted by atomic mass is 32.2. The number of rotatable bonds is 6. The molecule has 1 fully saturated rings. The summed E-state index contributed by atoms with van der Waals surface area (Å²) in [5.74, 6) is 0.180. The van der Waals surface area contributed by atoms with Gasteiger partial charge in [-0.15, -0.1) is 0 Å². The molecule has 0 unspecified atom stereocenters. The van der Waals surface area contributed by atoms with Gasteiger partial charge < -0.3 is 10.4 Å². The summed E-state index contributed by atoms with van der Waals surface area (Å²) in [7, 11) is -3.52. The molecule has 0 saturated heterocycles. The van der Waals surface area contributed by atoms with Gasteiger partial charge in [0.15, 0.2) is 0 Å². The highest BCUT2D eigenvalue weighted by Gasteiger charge is 2.16. The van der Waals surface area contributed by atoms with Crippen LogP contribution in [0.25, 0.3) is 0 Å². The molecule has 1 amide bonds. The quantitative estimate of drug-likeness (QED) is 0.637. The van der Waals surface area contributed by atoms with Gasteiger partial charge in [0.25, 0.3) is 0 Å². The molecular weight excluding hydrogens is 376 g/mol. The molecule has 150 valence electrons. The minimum Gasteiger partial charge on any atom is -0.506 e. The molecule has 0 heterocycles. The molecule has 0 aliphatic heterocycles. The molecule has 6 nitrogen and oxygen atoms in total. The van der Waals surface area contributed by atoms with Crippen LogP contribution in [-0.4, -0.2) is 25.7 Å². The molecule has 1 saturated carbocycles. The second-order valence-corrected chi connectivity index (χ2v) is 9.16. The smallest absolute Gasteiger partial charge is 0.229 e. The van der Waals surface area contributed by atoms with E-state index in [0.29, 0.717) is 11.5 Å². The van der Waals surface area contributed by atoms with Crippen LogP contribution in [0, 0.1) is 0 Å². The lowest BCUT2D eigenvalue weighted by molar-refractivity contribution is -0.115.